The number of benzene rings is 1. The van der Waals surface area contributed by atoms with Gasteiger partial charge in [-0.1, -0.05) is 39.0 Å². The molecule has 3 rings (SSSR count). The van der Waals surface area contributed by atoms with Gasteiger partial charge in [0.05, 0.1) is 17.0 Å². The molecule has 2 aromatic heterocycles. The third-order valence-electron chi connectivity index (χ3n) is 3.90. The number of thiophene rings is 1. The summed E-state index contributed by atoms with van der Waals surface area (Å²) in [7, 11) is 1.72. The van der Waals surface area contributed by atoms with E-state index in [0.29, 0.717) is 5.88 Å². The summed E-state index contributed by atoms with van der Waals surface area (Å²) in [5, 5.41) is 1.89. The molecule has 0 radical (unpaired) electrons. The summed E-state index contributed by atoms with van der Waals surface area (Å²) in [5.74, 6) is 1.31. The number of fused-ring (bicyclic) bond motifs is 1. The molecular formula is C20H25ClN2O2S. The molecule has 0 fully saturated rings. The van der Waals surface area contributed by atoms with Crippen molar-refractivity contribution in [2.45, 2.75) is 45.1 Å². The number of alkyl halides is 1. The maximum atomic E-state index is 6.62. The van der Waals surface area contributed by atoms with Gasteiger partial charge in [0.25, 0.3) is 0 Å². The maximum Gasteiger partial charge on any atom is 0.240 e. The number of ether oxygens (including phenoxy) is 2. The van der Waals surface area contributed by atoms with E-state index in [1.165, 1.54) is 6.33 Å². The van der Waals surface area contributed by atoms with E-state index in [1.807, 2.05) is 49.6 Å². The summed E-state index contributed by atoms with van der Waals surface area (Å²) < 4.78 is 12.3. The Bertz CT molecular complexity index is 791. The van der Waals surface area contributed by atoms with Crippen molar-refractivity contribution in [3.63, 3.8) is 0 Å². The normalized spacial score (nSPS) is 13.0. The highest BCUT2D eigenvalue weighted by Gasteiger charge is 2.20. The fourth-order valence-electron chi connectivity index (χ4n) is 2.53. The molecule has 26 heavy (non-hydrogen) atoms. The van der Waals surface area contributed by atoms with Crippen molar-refractivity contribution in [1.82, 2.24) is 9.97 Å². The van der Waals surface area contributed by atoms with Crippen LogP contribution in [0.2, 0.25) is 0 Å². The van der Waals surface area contributed by atoms with Crippen LogP contribution in [-0.4, -0.2) is 23.2 Å². The van der Waals surface area contributed by atoms with Crippen LogP contribution in [0.5, 0.6) is 11.6 Å². The van der Waals surface area contributed by atoms with Gasteiger partial charge in [0.15, 0.2) is 0 Å². The van der Waals surface area contributed by atoms with E-state index in [-0.39, 0.29) is 11.5 Å². The monoisotopic (exact) mass is 392 g/mol. The van der Waals surface area contributed by atoms with Gasteiger partial charge in [0, 0.05) is 12.7 Å². The van der Waals surface area contributed by atoms with Gasteiger partial charge in [-0.3, -0.25) is 0 Å². The van der Waals surface area contributed by atoms with Crippen LogP contribution in [0.4, 0.5) is 0 Å². The van der Waals surface area contributed by atoms with Crippen molar-refractivity contribution < 1.29 is 9.47 Å². The number of nitrogens with zero attached hydrogens (tertiary/aromatic N) is 2. The summed E-state index contributed by atoms with van der Waals surface area (Å²) in [6.07, 6.45) is 3.34. The van der Waals surface area contributed by atoms with E-state index in [2.05, 4.69) is 16.9 Å². The van der Waals surface area contributed by atoms with Crippen molar-refractivity contribution in [3.8, 4) is 11.6 Å². The zero-order valence-electron chi connectivity index (χ0n) is 15.6. The van der Waals surface area contributed by atoms with Gasteiger partial charge < -0.3 is 9.47 Å². The standard InChI is InChI=1S/C18H19ClN2O2S.C2H6/c1-3-12(22-2)9-15(19)14-10-24-17-16(14)20-11-21-18(17)23-13-7-5-4-6-8-13;1-2/h4-8,10-12,15H,3,9H2,1-2H3;1-2H3/t12-,15?;/m1./s1. The highest BCUT2D eigenvalue weighted by Crippen LogP contribution is 2.39. The molecule has 0 N–H and O–H groups in total. The van der Waals surface area contributed by atoms with Crippen LogP contribution in [0.15, 0.2) is 42.0 Å². The second-order valence-electron chi connectivity index (χ2n) is 5.43. The molecule has 2 heterocycles. The summed E-state index contributed by atoms with van der Waals surface area (Å²) in [5.41, 5.74) is 1.86. The molecule has 1 unspecified atom stereocenters. The molecule has 0 aliphatic rings. The zero-order chi connectivity index (χ0) is 18.9. The van der Waals surface area contributed by atoms with E-state index in [9.17, 15) is 0 Å². The average Bonchev–Trinajstić information content (AvgIpc) is 3.14. The van der Waals surface area contributed by atoms with Gasteiger partial charge >= 0.3 is 0 Å². The van der Waals surface area contributed by atoms with Crippen LogP contribution in [0.3, 0.4) is 0 Å². The first kappa shape index (κ1) is 20.6. The molecule has 0 bridgehead atoms. The highest BCUT2D eigenvalue weighted by molar-refractivity contribution is 7.17. The van der Waals surface area contributed by atoms with Crippen LogP contribution in [-0.2, 0) is 4.74 Å². The fourth-order valence-corrected chi connectivity index (χ4v) is 3.97. The summed E-state index contributed by atoms with van der Waals surface area (Å²) in [6.45, 7) is 6.09. The predicted octanol–water partition coefficient (Wildman–Crippen LogP) is 6.60. The molecule has 0 amide bonds. The van der Waals surface area contributed by atoms with Gasteiger partial charge in [-0.05, 0) is 30.4 Å². The molecule has 1 aromatic carbocycles. The number of hydrogen-bond donors (Lipinski definition) is 0. The van der Waals surface area contributed by atoms with Gasteiger partial charge in [0.2, 0.25) is 5.88 Å². The quantitative estimate of drug-likeness (QED) is 0.424. The smallest absolute Gasteiger partial charge is 0.240 e. The maximum absolute atomic E-state index is 6.62. The molecule has 0 aliphatic heterocycles. The van der Waals surface area contributed by atoms with Gasteiger partial charge in [-0.2, -0.15) is 0 Å². The predicted molar refractivity (Wildman–Crippen MR) is 110 cm³/mol. The van der Waals surface area contributed by atoms with Crippen LogP contribution in [0.1, 0.15) is 44.6 Å². The Hall–Kier alpha value is -1.69. The molecule has 3 aromatic rings. The number of halogens is 1. The lowest BCUT2D eigenvalue weighted by Crippen LogP contribution is -2.11. The number of hydrogen-bond acceptors (Lipinski definition) is 5. The largest absolute Gasteiger partial charge is 0.437 e. The Morgan fingerprint density at radius 2 is 1.88 bits per heavy atom. The number of rotatable bonds is 7. The third-order valence-corrected chi connectivity index (χ3v) is 5.29. The molecule has 2 atom stereocenters. The van der Waals surface area contributed by atoms with Gasteiger partial charge in [-0.15, -0.1) is 22.9 Å². The van der Waals surface area contributed by atoms with Crippen molar-refractivity contribution >= 4 is 33.2 Å². The van der Waals surface area contributed by atoms with E-state index >= 15 is 0 Å². The van der Waals surface area contributed by atoms with E-state index in [4.69, 9.17) is 21.1 Å². The summed E-state index contributed by atoms with van der Waals surface area (Å²) in [6, 6.07) is 9.61. The number of methoxy groups -OCH3 is 1. The zero-order valence-corrected chi connectivity index (χ0v) is 17.2. The van der Waals surface area contributed by atoms with Crippen molar-refractivity contribution in [3.05, 3.63) is 47.6 Å². The molecule has 140 valence electrons. The van der Waals surface area contributed by atoms with Crippen LogP contribution < -0.4 is 4.74 Å². The number of aromatic nitrogens is 2. The number of para-hydroxylation sites is 1. The Kier molecular flexibility index (Phi) is 8.29. The second kappa shape index (κ2) is 10.5. The van der Waals surface area contributed by atoms with E-state index in [0.717, 1.165) is 34.4 Å². The lowest BCUT2D eigenvalue weighted by molar-refractivity contribution is 0.0914. The molecule has 4 nitrogen and oxygen atoms in total. The summed E-state index contributed by atoms with van der Waals surface area (Å²) >= 11 is 8.17. The van der Waals surface area contributed by atoms with Crippen LogP contribution in [0, 0.1) is 0 Å². The average molecular weight is 393 g/mol. The van der Waals surface area contributed by atoms with Crippen LogP contribution >= 0.6 is 22.9 Å². The van der Waals surface area contributed by atoms with Crippen molar-refractivity contribution in [1.29, 1.82) is 0 Å². The molecule has 0 spiro atoms. The van der Waals surface area contributed by atoms with Crippen molar-refractivity contribution in [2.75, 3.05) is 7.11 Å². The van der Waals surface area contributed by atoms with Crippen LogP contribution in [0.25, 0.3) is 10.2 Å². The van der Waals surface area contributed by atoms with E-state index < -0.39 is 0 Å². The molecular weight excluding hydrogens is 368 g/mol. The highest BCUT2D eigenvalue weighted by atomic mass is 35.5. The SMILES string of the molecule is CC.CC[C@H](CC(Cl)c1csc2c(Oc3ccccc3)ncnc12)OC. The Labute approximate surface area is 164 Å². The first-order valence-corrected chi connectivity index (χ1v) is 10.2. The first-order valence-electron chi connectivity index (χ1n) is 8.84. The second-order valence-corrected chi connectivity index (χ2v) is 6.84. The molecule has 0 saturated heterocycles. The lowest BCUT2D eigenvalue weighted by atomic mass is 10.1. The third kappa shape index (κ3) is 4.93. The minimum atomic E-state index is -0.150. The van der Waals surface area contributed by atoms with Gasteiger partial charge in [0.1, 0.15) is 16.8 Å². The Morgan fingerprint density at radius 1 is 1.15 bits per heavy atom. The summed E-state index contributed by atoms with van der Waals surface area (Å²) in [4.78, 5) is 8.69. The molecule has 6 heteroatoms. The lowest BCUT2D eigenvalue weighted by Gasteiger charge is -2.16. The van der Waals surface area contributed by atoms with E-state index in [1.54, 1.807) is 18.4 Å². The van der Waals surface area contributed by atoms with Gasteiger partial charge in [-0.25, -0.2) is 9.97 Å². The fraction of sp³-hybridized carbons (Fsp3) is 0.400. The Morgan fingerprint density at radius 3 is 2.54 bits per heavy atom. The minimum Gasteiger partial charge on any atom is -0.437 e. The first-order chi connectivity index (χ1) is 12.7. The Balaban J connectivity index is 0.00000117. The topological polar surface area (TPSA) is 44.2 Å². The van der Waals surface area contributed by atoms with Crippen molar-refractivity contribution in [2.24, 2.45) is 0 Å². The molecule has 0 saturated carbocycles. The molecule has 0 aliphatic carbocycles. The minimum absolute atomic E-state index is 0.143.